The van der Waals surface area contributed by atoms with Gasteiger partial charge in [0, 0.05) is 30.6 Å². The summed E-state index contributed by atoms with van der Waals surface area (Å²) in [5.41, 5.74) is 3.42. The Labute approximate surface area is 157 Å². The van der Waals surface area contributed by atoms with Crippen LogP contribution in [0.15, 0.2) is 51.7 Å². The SMILES string of the molecule is Cc1c(C)c2ccc(O)c(CN3CCO[C@@H](c4ccccc4)C3)c2oc1=O. The molecule has 1 aliphatic heterocycles. The van der Waals surface area contributed by atoms with Crippen molar-refractivity contribution >= 4 is 11.0 Å². The molecule has 1 aromatic heterocycles. The first-order valence-corrected chi connectivity index (χ1v) is 9.18. The van der Waals surface area contributed by atoms with E-state index < -0.39 is 0 Å². The van der Waals surface area contributed by atoms with Crippen molar-refractivity contribution in [2.45, 2.75) is 26.5 Å². The van der Waals surface area contributed by atoms with Crippen molar-refractivity contribution in [3.8, 4) is 5.75 Å². The highest BCUT2D eigenvalue weighted by Crippen LogP contribution is 2.31. The monoisotopic (exact) mass is 365 g/mol. The number of benzene rings is 2. The van der Waals surface area contributed by atoms with Gasteiger partial charge in [-0.25, -0.2) is 4.79 Å². The van der Waals surface area contributed by atoms with Crippen molar-refractivity contribution in [2.75, 3.05) is 19.7 Å². The third kappa shape index (κ3) is 3.36. The van der Waals surface area contributed by atoms with Crippen LogP contribution in [0.2, 0.25) is 0 Å². The average Bonchev–Trinajstić information content (AvgIpc) is 2.69. The Morgan fingerprint density at radius 2 is 1.89 bits per heavy atom. The summed E-state index contributed by atoms with van der Waals surface area (Å²) in [5, 5.41) is 11.3. The highest BCUT2D eigenvalue weighted by molar-refractivity contribution is 5.85. The Morgan fingerprint density at radius 3 is 2.67 bits per heavy atom. The van der Waals surface area contributed by atoms with Gasteiger partial charge in [0.25, 0.3) is 0 Å². The van der Waals surface area contributed by atoms with E-state index in [-0.39, 0.29) is 17.5 Å². The van der Waals surface area contributed by atoms with Crippen molar-refractivity contribution in [2.24, 2.45) is 0 Å². The zero-order chi connectivity index (χ0) is 19.0. The summed E-state index contributed by atoms with van der Waals surface area (Å²) < 4.78 is 11.5. The van der Waals surface area contributed by atoms with Gasteiger partial charge >= 0.3 is 5.63 Å². The van der Waals surface area contributed by atoms with Gasteiger partial charge in [-0.3, -0.25) is 4.90 Å². The van der Waals surface area contributed by atoms with Gasteiger partial charge in [-0.2, -0.15) is 0 Å². The van der Waals surface area contributed by atoms with E-state index in [0.717, 1.165) is 29.6 Å². The molecule has 5 heteroatoms. The van der Waals surface area contributed by atoms with Crippen molar-refractivity contribution in [1.82, 2.24) is 4.90 Å². The molecule has 0 spiro atoms. The molecule has 2 heterocycles. The second-order valence-corrected chi connectivity index (χ2v) is 7.08. The third-order valence-corrected chi connectivity index (χ3v) is 5.41. The molecule has 1 fully saturated rings. The van der Waals surface area contributed by atoms with Crippen molar-refractivity contribution < 1.29 is 14.3 Å². The molecule has 4 rings (SSSR count). The number of rotatable bonds is 3. The van der Waals surface area contributed by atoms with Crippen LogP contribution in [0.3, 0.4) is 0 Å². The van der Waals surface area contributed by atoms with Crippen LogP contribution in [0.1, 0.15) is 28.4 Å². The van der Waals surface area contributed by atoms with Crippen molar-refractivity contribution in [1.29, 1.82) is 0 Å². The van der Waals surface area contributed by atoms with Crippen molar-refractivity contribution in [3.63, 3.8) is 0 Å². The van der Waals surface area contributed by atoms with Gasteiger partial charge in [0.2, 0.25) is 0 Å². The summed E-state index contributed by atoms with van der Waals surface area (Å²) in [4.78, 5) is 14.4. The average molecular weight is 365 g/mol. The Balaban J connectivity index is 1.67. The Kier molecular flexibility index (Phi) is 4.72. The Bertz CT molecular complexity index is 1030. The number of hydrogen-bond donors (Lipinski definition) is 1. The predicted molar refractivity (Wildman–Crippen MR) is 104 cm³/mol. The lowest BCUT2D eigenvalue weighted by Gasteiger charge is -2.33. The molecule has 2 aromatic carbocycles. The summed E-state index contributed by atoms with van der Waals surface area (Å²) in [7, 11) is 0. The van der Waals surface area contributed by atoms with E-state index in [1.165, 1.54) is 0 Å². The predicted octanol–water partition coefficient (Wildman–Crippen LogP) is 3.69. The maximum atomic E-state index is 12.2. The van der Waals surface area contributed by atoms with Gasteiger partial charge < -0.3 is 14.3 Å². The minimum atomic E-state index is -0.351. The standard InChI is InChI=1S/C22H23NO4/c1-14-15(2)22(25)27-21-17(14)8-9-19(24)18(21)12-23-10-11-26-20(13-23)16-6-4-3-5-7-16/h3-9,20,24H,10-13H2,1-2H3/t20-/m1/s1. The smallest absolute Gasteiger partial charge is 0.339 e. The molecule has 0 saturated carbocycles. The first kappa shape index (κ1) is 17.8. The molecule has 1 atom stereocenters. The lowest BCUT2D eigenvalue weighted by Crippen LogP contribution is -2.37. The summed E-state index contributed by atoms with van der Waals surface area (Å²) in [5.74, 6) is 0.150. The zero-order valence-corrected chi connectivity index (χ0v) is 15.6. The highest BCUT2D eigenvalue weighted by atomic mass is 16.5. The first-order valence-electron chi connectivity index (χ1n) is 9.18. The number of nitrogens with zero attached hydrogens (tertiary/aromatic N) is 1. The molecule has 1 aliphatic rings. The maximum absolute atomic E-state index is 12.2. The number of morpholine rings is 1. The number of hydrogen-bond acceptors (Lipinski definition) is 5. The van der Waals surface area contributed by atoms with E-state index >= 15 is 0 Å². The molecule has 0 unspecified atom stereocenters. The highest BCUT2D eigenvalue weighted by Gasteiger charge is 2.24. The molecule has 140 valence electrons. The molecule has 0 bridgehead atoms. The summed E-state index contributed by atoms with van der Waals surface area (Å²) >= 11 is 0. The molecule has 0 radical (unpaired) electrons. The third-order valence-electron chi connectivity index (χ3n) is 5.41. The molecule has 27 heavy (non-hydrogen) atoms. The first-order chi connectivity index (χ1) is 13.0. The quantitative estimate of drug-likeness (QED) is 0.717. The maximum Gasteiger partial charge on any atom is 0.339 e. The fraction of sp³-hybridized carbons (Fsp3) is 0.318. The molecular formula is C22H23NO4. The van der Waals surface area contributed by atoms with Crippen LogP contribution in [0.4, 0.5) is 0 Å². The normalized spacial score (nSPS) is 18.1. The van der Waals surface area contributed by atoms with Crippen LogP contribution in [0.5, 0.6) is 5.75 Å². The van der Waals surface area contributed by atoms with Crippen LogP contribution in [0, 0.1) is 13.8 Å². The number of phenolic OH excluding ortho intramolecular Hbond substituents is 1. The minimum absolute atomic E-state index is 0.00643. The van der Waals surface area contributed by atoms with Gasteiger partial charge in [-0.05, 0) is 37.1 Å². The molecule has 0 amide bonds. The fourth-order valence-corrected chi connectivity index (χ4v) is 3.65. The number of aryl methyl sites for hydroxylation is 1. The number of aromatic hydroxyl groups is 1. The van der Waals surface area contributed by atoms with Crippen LogP contribution in [0.25, 0.3) is 11.0 Å². The van der Waals surface area contributed by atoms with Crippen LogP contribution < -0.4 is 5.63 Å². The molecule has 3 aromatic rings. The lowest BCUT2D eigenvalue weighted by molar-refractivity contribution is -0.0330. The van der Waals surface area contributed by atoms with E-state index in [0.29, 0.717) is 29.9 Å². The molecular weight excluding hydrogens is 342 g/mol. The van der Waals surface area contributed by atoms with Gasteiger partial charge in [-0.1, -0.05) is 30.3 Å². The summed E-state index contributed by atoms with van der Waals surface area (Å²) in [6.07, 6.45) is -0.00643. The Morgan fingerprint density at radius 1 is 1.11 bits per heavy atom. The van der Waals surface area contributed by atoms with E-state index in [1.54, 1.807) is 13.0 Å². The van der Waals surface area contributed by atoms with Gasteiger partial charge in [0.15, 0.2) is 0 Å². The summed E-state index contributed by atoms with van der Waals surface area (Å²) in [6.45, 7) is 6.27. The molecule has 1 saturated heterocycles. The van der Waals surface area contributed by atoms with E-state index in [1.807, 2.05) is 31.2 Å². The zero-order valence-electron chi connectivity index (χ0n) is 15.6. The van der Waals surface area contributed by atoms with Gasteiger partial charge in [0.1, 0.15) is 11.3 Å². The van der Waals surface area contributed by atoms with Gasteiger partial charge in [-0.15, -0.1) is 0 Å². The molecule has 0 aliphatic carbocycles. The van der Waals surface area contributed by atoms with Crippen LogP contribution >= 0.6 is 0 Å². The summed E-state index contributed by atoms with van der Waals surface area (Å²) in [6, 6.07) is 13.6. The van der Waals surface area contributed by atoms with E-state index in [9.17, 15) is 9.90 Å². The molecule has 5 nitrogen and oxygen atoms in total. The number of ether oxygens (including phenoxy) is 1. The van der Waals surface area contributed by atoms with Crippen molar-refractivity contribution in [3.05, 3.63) is 75.1 Å². The largest absolute Gasteiger partial charge is 0.507 e. The van der Waals surface area contributed by atoms with Crippen LogP contribution in [-0.4, -0.2) is 29.7 Å². The topological polar surface area (TPSA) is 62.9 Å². The number of phenols is 1. The minimum Gasteiger partial charge on any atom is -0.507 e. The lowest BCUT2D eigenvalue weighted by atomic mass is 10.0. The second-order valence-electron chi connectivity index (χ2n) is 7.08. The second kappa shape index (κ2) is 7.18. The molecule has 1 N–H and O–H groups in total. The van der Waals surface area contributed by atoms with Crippen LogP contribution in [-0.2, 0) is 11.3 Å². The Hall–Kier alpha value is -2.63. The number of fused-ring (bicyclic) bond motifs is 1. The van der Waals surface area contributed by atoms with Gasteiger partial charge in [0.05, 0.1) is 18.3 Å². The van der Waals surface area contributed by atoms with E-state index in [4.69, 9.17) is 9.15 Å². The fourth-order valence-electron chi connectivity index (χ4n) is 3.65. The van der Waals surface area contributed by atoms with E-state index in [2.05, 4.69) is 17.0 Å².